The highest BCUT2D eigenvalue weighted by Gasteiger charge is 2.09. The second kappa shape index (κ2) is 6.76. The van der Waals surface area contributed by atoms with Crippen molar-refractivity contribution in [3.8, 4) is 17.0 Å². The van der Waals surface area contributed by atoms with Crippen LogP contribution in [0, 0.1) is 0 Å². The molecule has 1 amide bonds. The predicted octanol–water partition coefficient (Wildman–Crippen LogP) is 3.08. The Morgan fingerprint density at radius 3 is 2.79 bits per heavy atom. The first-order valence-corrected chi connectivity index (χ1v) is 7.64. The zero-order chi connectivity index (χ0) is 17.1. The van der Waals surface area contributed by atoms with Gasteiger partial charge >= 0.3 is 6.09 Å². The summed E-state index contributed by atoms with van der Waals surface area (Å²) in [4.78, 5) is 14.8. The molecule has 3 rings (SSSR count). The Balaban J connectivity index is 1.74. The number of fused-ring (bicyclic) bond motifs is 1. The zero-order valence-electron chi connectivity index (χ0n) is 12.8. The molecule has 3 aromatic rings. The number of rotatable bonds is 5. The van der Waals surface area contributed by atoms with Crippen LogP contribution in [0.15, 0.2) is 42.6 Å². The average molecular weight is 347 g/mol. The summed E-state index contributed by atoms with van der Waals surface area (Å²) in [6, 6.07) is 10.6. The van der Waals surface area contributed by atoms with Gasteiger partial charge in [-0.05, 0) is 43.3 Å². The van der Waals surface area contributed by atoms with Gasteiger partial charge in [0.25, 0.3) is 0 Å². The van der Waals surface area contributed by atoms with Crippen molar-refractivity contribution >= 4 is 23.3 Å². The molecule has 0 saturated carbocycles. The van der Waals surface area contributed by atoms with E-state index in [-0.39, 0.29) is 12.6 Å². The van der Waals surface area contributed by atoms with Gasteiger partial charge in [0.05, 0.1) is 17.9 Å². The largest absolute Gasteiger partial charge is 0.491 e. The monoisotopic (exact) mass is 346 g/mol. The fourth-order valence-electron chi connectivity index (χ4n) is 2.24. The molecule has 0 saturated heterocycles. The molecule has 7 nitrogen and oxygen atoms in total. The normalized spacial score (nSPS) is 12.1. The molecular weight excluding hydrogens is 332 g/mol. The molecule has 0 fully saturated rings. The maximum absolute atomic E-state index is 10.5. The van der Waals surface area contributed by atoms with Gasteiger partial charge in [0.15, 0.2) is 5.65 Å². The Hall–Kier alpha value is -2.80. The third-order valence-electron chi connectivity index (χ3n) is 3.35. The fourth-order valence-corrected chi connectivity index (χ4v) is 2.38. The number of nitrogens with one attached hydrogen (secondary N) is 1. The van der Waals surface area contributed by atoms with Crippen LogP contribution in [0.25, 0.3) is 16.9 Å². The summed E-state index contributed by atoms with van der Waals surface area (Å²) in [6.45, 7) is 1.98. The minimum absolute atomic E-state index is 0.248. The fraction of sp³-hybridized carbons (Fsp3) is 0.188. The van der Waals surface area contributed by atoms with E-state index >= 15 is 0 Å². The first-order valence-electron chi connectivity index (χ1n) is 7.26. The average Bonchev–Trinajstić information content (AvgIpc) is 2.96. The highest BCUT2D eigenvalue weighted by Crippen LogP contribution is 2.23. The van der Waals surface area contributed by atoms with Gasteiger partial charge in [-0.3, -0.25) is 0 Å². The first-order chi connectivity index (χ1) is 11.5. The van der Waals surface area contributed by atoms with E-state index in [1.54, 1.807) is 29.8 Å². The second-order valence-corrected chi connectivity index (χ2v) is 5.64. The Kier molecular flexibility index (Phi) is 4.52. The van der Waals surface area contributed by atoms with E-state index in [1.165, 1.54) is 0 Å². The molecular formula is C16H15ClN4O3. The van der Waals surface area contributed by atoms with Gasteiger partial charge in [0, 0.05) is 5.56 Å². The van der Waals surface area contributed by atoms with E-state index in [1.807, 2.05) is 24.3 Å². The Morgan fingerprint density at radius 1 is 1.33 bits per heavy atom. The number of carbonyl (C=O) groups is 1. The highest BCUT2D eigenvalue weighted by atomic mass is 35.5. The molecule has 2 heterocycles. The molecule has 0 aliphatic heterocycles. The lowest BCUT2D eigenvalue weighted by molar-refractivity contribution is 0.183. The van der Waals surface area contributed by atoms with E-state index < -0.39 is 6.09 Å². The maximum Gasteiger partial charge on any atom is 0.404 e. The minimum atomic E-state index is -1.07. The lowest BCUT2D eigenvalue weighted by atomic mass is 10.1. The molecule has 24 heavy (non-hydrogen) atoms. The summed E-state index contributed by atoms with van der Waals surface area (Å²) in [6.07, 6.45) is 0.660. The third kappa shape index (κ3) is 3.57. The molecule has 0 aliphatic rings. The number of halogens is 1. The lowest BCUT2D eigenvalue weighted by Gasteiger charge is -2.13. The molecule has 8 heteroatoms. The van der Waals surface area contributed by atoms with Crippen LogP contribution in [0.4, 0.5) is 4.79 Å². The summed E-state index contributed by atoms with van der Waals surface area (Å²) in [5.74, 6) is 0.651. The van der Waals surface area contributed by atoms with Crippen LogP contribution in [0.3, 0.4) is 0 Å². The van der Waals surface area contributed by atoms with Crippen molar-refractivity contribution < 1.29 is 14.6 Å². The molecule has 0 spiro atoms. The molecule has 0 aliphatic carbocycles. The summed E-state index contributed by atoms with van der Waals surface area (Å²) in [7, 11) is 0. The van der Waals surface area contributed by atoms with E-state index in [4.69, 9.17) is 21.4 Å². The van der Waals surface area contributed by atoms with Crippen LogP contribution in [0.2, 0.25) is 5.15 Å². The van der Waals surface area contributed by atoms with Gasteiger partial charge in [-0.25, -0.2) is 14.3 Å². The van der Waals surface area contributed by atoms with Gasteiger partial charge < -0.3 is 15.2 Å². The number of carboxylic acid groups (broad SMARTS) is 1. The van der Waals surface area contributed by atoms with Crippen molar-refractivity contribution in [1.82, 2.24) is 19.9 Å². The molecule has 124 valence electrons. The predicted molar refractivity (Wildman–Crippen MR) is 89.6 cm³/mol. The van der Waals surface area contributed by atoms with Crippen LogP contribution >= 0.6 is 11.6 Å². The number of aromatic nitrogens is 3. The minimum Gasteiger partial charge on any atom is -0.491 e. The molecule has 0 bridgehead atoms. The van der Waals surface area contributed by atoms with Gasteiger partial charge in [0.1, 0.15) is 17.5 Å². The molecule has 2 N–H and O–H groups in total. The second-order valence-electron chi connectivity index (χ2n) is 5.26. The standard InChI is InChI=1S/C16H15ClN4O3/c1-10(19-16(22)23)9-24-12-4-2-11(3-5-12)13-8-18-15-7-6-14(17)20-21(13)15/h2-8,10,19H,9H2,1H3,(H,22,23). The van der Waals surface area contributed by atoms with Crippen molar-refractivity contribution in [3.63, 3.8) is 0 Å². The Morgan fingerprint density at radius 2 is 2.08 bits per heavy atom. The smallest absolute Gasteiger partial charge is 0.404 e. The summed E-state index contributed by atoms with van der Waals surface area (Å²) in [5, 5.41) is 15.6. The lowest BCUT2D eigenvalue weighted by Crippen LogP contribution is -2.35. The van der Waals surface area contributed by atoms with Crippen LogP contribution in [-0.4, -0.2) is 38.4 Å². The number of nitrogens with zero attached hydrogens (tertiary/aromatic N) is 3. The zero-order valence-corrected chi connectivity index (χ0v) is 13.6. The van der Waals surface area contributed by atoms with Crippen molar-refractivity contribution in [2.75, 3.05) is 6.61 Å². The number of imidazole rings is 1. The molecule has 1 aromatic carbocycles. The van der Waals surface area contributed by atoms with Crippen LogP contribution in [-0.2, 0) is 0 Å². The molecule has 1 unspecified atom stereocenters. The summed E-state index contributed by atoms with van der Waals surface area (Å²) < 4.78 is 7.24. The van der Waals surface area contributed by atoms with E-state index in [0.717, 1.165) is 11.3 Å². The topological polar surface area (TPSA) is 88.8 Å². The number of ether oxygens (including phenoxy) is 1. The van der Waals surface area contributed by atoms with E-state index in [2.05, 4.69) is 15.4 Å². The van der Waals surface area contributed by atoms with Crippen molar-refractivity contribution in [1.29, 1.82) is 0 Å². The van der Waals surface area contributed by atoms with Crippen molar-refractivity contribution in [2.45, 2.75) is 13.0 Å². The van der Waals surface area contributed by atoms with Gasteiger partial charge in [-0.1, -0.05) is 11.6 Å². The Bertz CT molecular complexity index is 863. The van der Waals surface area contributed by atoms with Crippen molar-refractivity contribution in [3.05, 3.63) is 47.7 Å². The Labute approximate surface area is 142 Å². The maximum atomic E-state index is 10.5. The van der Waals surface area contributed by atoms with Gasteiger partial charge in [-0.2, -0.15) is 5.10 Å². The van der Waals surface area contributed by atoms with E-state index in [9.17, 15) is 4.79 Å². The SMILES string of the molecule is CC(COc1ccc(-c2cnc3ccc(Cl)nn23)cc1)NC(=O)O. The van der Waals surface area contributed by atoms with Crippen molar-refractivity contribution in [2.24, 2.45) is 0 Å². The number of hydrogen-bond acceptors (Lipinski definition) is 4. The van der Waals surface area contributed by atoms with E-state index in [0.29, 0.717) is 16.5 Å². The van der Waals surface area contributed by atoms with Gasteiger partial charge in [0.2, 0.25) is 0 Å². The van der Waals surface area contributed by atoms with Crippen LogP contribution in [0.5, 0.6) is 5.75 Å². The van der Waals surface area contributed by atoms with Crippen LogP contribution < -0.4 is 10.1 Å². The third-order valence-corrected chi connectivity index (χ3v) is 3.55. The molecule has 1 atom stereocenters. The summed E-state index contributed by atoms with van der Waals surface area (Å²) >= 11 is 5.94. The first kappa shape index (κ1) is 16.1. The molecule has 0 radical (unpaired) electrons. The number of hydrogen-bond donors (Lipinski definition) is 2. The number of benzene rings is 1. The highest BCUT2D eigenvalue weighted by molar-refractivity contribution is 6.29. The quantitative estimate of drug-likeness (QED) is 0.741. The number of amides is 1. The summed E-state index contributed by atoms with van der Waals surface area (Å²) in [5.41, 5.74) is 2.45. The molecule has 2 aromatic heterocycles. The van der Waals surface area contributed by atoms with Crippen LogP contribution in [0.1, 0.15) is 6.92 Å². The van der Waals surface area contributed by atoms with Gasteiger partial charge in [-0.15, -0.1) is 0 Å².